The second-order valence-electron chi connectivity index (χ2n) is 4.70. The van der Waals surface area contributed by atoms with Gasteiger partial charge in [-0.25, -0.2) is 9.59 Å². The SMILES string of the molecule is O=C(NCc1ccc(C(=O)O)cc1)NCC1CCCO1. The Bertz CT molecular complexity index is 467. The van der Waals surface area contributed by atoms with E-state index in [1.807, 2.05) is 0 Å². The maximum absolute atomic E-state index is 11.6. The highest BCUT2D eigenvalue weighted by Gasteiger charge is 2.15. The van der Waals surface area contributed by atoms with Crippen LogP contribution < -0.4 is 10.6 Å². The van der Waals surface area contributed by atoms with Crippen molar-refractivity contribution < 1.29 is 19.4 Å². The standard InChI is InChI=1S/C14H18N2O4/c17-13(18)11-5-3-10(4-6-11)8-15-14(19)16-9-12-2-1-7-20-12/h3-6,12H,1-2,7-9H2,(H,17,18)(H2,15,16,19). The van der Waals surface area contributed by atoms with Crippen LogP contribution in [-0.4, -0.2) is 36.4 Å². The Labute approximate surface area is 117 Å². The van der Waals surface area contributed by atoms with Gasteiger partial charge in [-0.15, -0.1) is 0 Å². The minimum absolute atomic E-state index is 0.121. The smallest absolute Gasteiger partial charge is 0.335 e. The first kappa shape index (κ1) is 14.3. The van der Waals surface area contributed by atoms with Gasteiger partial charge in [-0.2, -0.15) is 0 Å². The van der Waals surface area contributed by atoms with E-state index in [1.165, 1.54) is 12.1 Å². The third kappa shape index (κ3) is 4.24. The zero-order chi connectivity index (χ0) is 14.4. The van der Waals surface area contributed by atoms with Crippen LogP contribution in [0.5, 0.6) is 0 Å². The number of benzene rings is 1. The molecule has 3 N–H and O–H groups in total. The average Bonchev–Trinajstić information content (AvgIpc) is 2.96. The fourth-order valence-electron chi connectivity index (χ4n) is 2.02. The first-order valence-corrected chi connectivity index (χ1v) is 6.60. The maximum atomic E-state index is 11.6. The number of carboxylic acid groups (broad SMARTS) is 1. The van der Waals surface area contributed by atoms with Gasteiger partial charge in [0.15, 0.2) is 0 Å². The van der Waals surface area contributed by atoms with Crippen LogP contribution in [0.25, 0.3) is 0 Å². The third-order valence-electron chi connectivity index (χ3n) is 3.17. The van der Waals surface area contributed by atoms with Gasteiger partial charge in [0.1, 0.15) is 0 Å². The number of carbonyl (C=O) groups is 2. The van der Waals surface area contributed by atoms with Gasteiger partial charge in [-0.3, -0.25) is 0 Å². The summed E-state index contributed by atoms with van der Waals surface area (Å²) >= 11 is 0. The molecule has 1 saturated heterocycles. The Morgan fingerprint density at radius 3 is 2.60 bits per heavy atom. The van der Waals surface area contributed by atoms with Crippen molar-refractivity contribution in [3.8, 4) is 0 Å². The number of ether oxygens (including phenoxy) is 1. The summed E-state index contributed by atoms with van der Waals surface area (Å²) < 4.78 is 5.40. The van der Waals surface area contributed by atoms with Gasteiger partial charge in [0, 0.05) is 19.7 Å². The number of aromatic carboxylic acids is 1. The highest BCUT2D eigenvalue weighted by molar-refractivity contribution is 5.87. The first-order valence-electron chi connectivity index (χ1n) is 6.60. The summed E-state index contributed by atoms with van der Waals surface area (Å²) in [5.74, 6) is -0.959. The molecule has 0 aromatic heterocycles. The predicted octanol–water partition coefficient (Wildman–Crippen LogP) is 1.36. The molecule has 108 valence electrons. The highest BCUT2D eigenvalue weighted by Crippen LogP contribution is 2.10. The van der Waals surface area contributed by atoms with Crippen LogP contribution in [0.15, 0.2) is 24.3 Å². The molecular weight excluding hydrogens is 260 g/mol. The summed E-state index contributed by atoms with van der Waals surface area (Å²) in [6.45, 7) is 1.64. The zero-order valence-electron chi connectivity index (χ0n) is 11.1. The Morgan fingerprint density at radius 2 is 2.00 bits per heavy atom. The van der Waals surface area contributed by atoms with E-state index in [4.69, 9.17) is 9.84 Å². The largest absolute Gasteiger partial charge is 0.478 e. The Hall–Kier alpha value is -2.08. The van der Waals surface area contributed by atoms with Crippen LogP contribution in [0, 0.1) is 0 Å². The zero-order valence-corrected chi connectivity index (χ0v) is 11.1. The van der Waals surface area contributed by atoms with Gasteiger partial charge in [-0.05, 0) is 30.5 Å². The van der Waals surface area contributed by atoms with Crippen LogP contribution in [-0.2, 0) is 11.3 Å². The lowest BCUT2D eigenvalue weighted by Gasteiger charge is -2.11. The first-order chi connectivity index (χ1) is 9.65. The minimum Gasteiger partial charge on any atom is -0.478 e. The lowest BCUT2D eigenvalue weighted by Crippen LogP contribution is -2.39. The molecule has 1 aromatic carbocycles. The number of rotatable bonds is 5. The molecule has 0 bridgehead atoms. The van der Waals surface area contributed by atoms with Crippen molar-refractivity contribution >= 4 is 12.0 Å². The number of amides is 2. The molecule has 20 heavy (non-hydrogen) atoms. The van der Waals surface area contributed by atoms with E-state index in [0.29, 0.717) is 13.1 Å². The lowest BCUT2D eigenvalue weighted by molar-refractivity contribution is 0.0697. The topological polar surface area (TPSA) is 87.7 Å². The van der Waals surface area contributed by atoms with Gasteiger partial charge in [0.25, 0.3) is 0 Å². The second-order valence-corrected chi connectivity index (χ2v) is 4.70. The fraction of sp³-hybridized carbons (Fsp3) is 0.429. The third-order valence-corrected chi connectivity index (χ3v) is 3.17. The molecule has 0 radical (unpaired) electrons. The number of nitrogens with one attached hydrogen (secondary N) is 2. The minimum atomic E-state index is -0.959. The molecule has 0 saturated carbocycles. The van der Waals surface area contributed by atoms with Gasteiger partial charge in [0.05, 0.1) is 11.7 Å². The number of hydrogen-bond acceptors (Lipinski definition) is 3. The number of urea groups is 1. The Balaban J connectivity index is 1.70. The van der Waals surface area contributed by atoms with Crippen LogP contribution in [0.3, 0.4) is 0 Å². The van der Waals surface area contributed by atoms with E-state index in [9.17, 15) is 9.59 Å². The molecule has 2 amide bonds. The monoisotopic (exact) mass is 278 g/mol. The van der Waals surface area contributed by atoms with Crippen LogP contribution >= 0.6 is 0 Å². The van der Waals surface area contributed by atoms with Crippen LogP contribution in [0.2, 0.25) is 0 Å². The quantitative estimate of drug-likeness (QED) is 0.759. The second kappa shape index (κ2) is 6.91. The molecule has 1 aliphatic rings. The van der Waals surface area contributed by atoms with Crippen molar-refractivity contribution in [3.05, 3.63) is 35.4 Å². The predicted molar refractivity (Wildman–Crippen MR) is 72.6 cm³/mol. The molecule has 6 nitrogen and oxygen atoms in total. The molecule has 6 heteroatoms. The fourth-order valence-corrected chi connectivity index (χ4v) is 2.02. The average molecular weight is 278 g/mol. The summed E-state index contributed by atoms with van der Waals surface area (Å²) in [5.41, 5.74) is 1.08. The van der Waals surface area contributed by atoms with Crippen molar-refractivity contribution in [2.24, 2.45) is 0 Å². The highest BCUT2D eigenvalue weighted by atomic mass is 16.5. The summed E-state index contributed by atoms with van der Waals surface area (Å²) in [6.07, 6.45) is 2.15. The number of hydrogen-bond donors (Lipinski definition) is 3. The molecule has 0 aliphatic carbocycles. The van der Waals surface area contributed by atoms with Crippen LogP contribution in [0.4, 0.5) is 4.79 Å². The van der Waals surface area contributed by atoms with E-state index in [1.54, 1.807) is 12.1 Å². The van der Waals surface area contributed by atoms with Gasteiger partial charge < -0.3 is 20.5 Å². The van der Waals surface area contributed by atoms with E-state index in [-0.39, 0.29) is 17.7 Å². The summed E-state index contributed by atoms with van der Waals surface area (Å²) in [7, 11) is 0. The molecule has 1 aliphatic heterocycles. The van der Waals surface area contributed by atoms with Gasteiger partial charge in [0.2, 0.25) is 0 Å². The van der Waals surface area contributed by atoms with Crippen LogP contribution in [0.1, 0.15) is 28.8 Å². The van der Waals surface area contributed by atoms with E-state index >= 15 is 0 Å². The van der Waals surface area contributed by atoms with Crippen molar-refractivity contribution in [1.82, 2.24) is 10.6 Å². The molecule has 0 spiro atoms. The summed E-state index contributed by atoms with van der Waals surface area (Å²) in [6, 6.07) is 6.16. The summed E-state index contributed by atoms with van der Waals surface area (Å²) in [5, 5.41) is 14.2. The summed E-state index contributed by atoms with van der Waals surface area (Å²) in [4.78, 5) is 22.3. The van der Waals surface area contributed by atoms with Crippen molar-refractivity contribution in [1.29, 1.82) is 0 Å². The maximum Gasteiger partial charge on any atom is 0.335 e. The Morgan fingerprint density at radius 1 is 1.25 bits per heavy atom. The molecule has 1 atom stereocenters. The molecule has 1 fully saturated rings. The van der Waals surface area contributed by atoms with E-state index < -0.39 is 5.97 Å². The molecular formula is C14H18N2O4. The molecule has 1 unspecified atom stereocenters. The van der Waals surface area contributed by atoms with Crippen molar-refractivity contribution in [2.75, 3.05) is 13.2 Å². The number of carbonyl (C=O) groups excluding carboxylic acids is 1. The van der Waals surface area contributed by atoms with Crippen molar-refractivity contribution in [2.45, 2.75) is 25.5 Å². The van der Waals surface area contributed by atoms with E-state index in [2.05, 4.69) is 10.6 Å². The normalized spacial score (nSPS) is 17.7. The van der Waals surface area contributed by atoms with E-state index in [0.717, 1.165) is 25.0 Å². The van der Waals surface area contributed by atoms with Crippen molar-refractivity contribution in [3.63, 3.8) is 0 Å². The van der Waals surface area contributed by atoms with Gasteiger partial charge in [-0.1, -0.05) is 12.1 Å². The molecule has 2 rings (SSSR count). The van der Waals surface area contributed by atoms with Gasteiger partial charge >= 0.3 is 12.0 Å². The molecule has 1 aromatic rings. The molecule has 1 heterocycles. The lowest BCUT2D eigenvalue weighted by atomic mass is 10.1. The number of carboxylic acids is 1. The Kier molecular flexibility index (Phi) is 4.95.